The van der Waals surface area contributed by atoms with Gasteiger partial charge in [-0.25, -0.2) is 17.6 Å². The van der Waals surface area contributed by atoms with Crippen LogP contribution in [0.1, 0.15) is 25.7 Å². The second kappa shape index (κ2) is 9.94. The molecule has 1 rings (SSSR count). The molecule has 0 aromatic carbocycles. The number of hydrogen-bond donors (Lipinski definition) is 2. The van der Waals surface area contributed by atoms with Gasteiger partial charge in [-0.1, -0.05) is 0 Å². The van der Waals surface area contributed by atoms with Crippen molar-refractivity contribution in [1.29, 1.82) is 0 Å². The van der Waals surface area contributed by atoms with Gasteiger partial charge in [0.1, 0.15) is 0 Å². The van der Waals surface area contributed by atoms with Crippen molar-refractivity contribution in [3.8, 4) is 0 Å². The minimum atomic E-state index is -6.86. The van der Waals surface area contributed by atoms with Gasteiger partial charge < -0.3 is 10.6 Å². The first-order valence-electron chi connectivity index (χ1n) is 9.34. The summed E-state index contributed by atoms with van der Waals surface area (Å²) in [6, 6.07) is -3.25. The molecule has 0 atom stereocenters. The van der Waals surface area contributed by atoms with Gasteiger partial charge in [-0.15, -0.1) is 0 Å². The molecule has 0 aromatic rings. The van der Waals surface area contributed by atoms with Gasteiger partial charge in [0.05, 0.1) is 0 Å². The highest BCUT2D eigenvalue weighted by Gasteiger charge is 2.79. The molecule has 4 nitrogen and oxygen atoms in total. The van der Waals surface area contributed by atoms with Gasteiger partial charge in [-0.05, 0) is 25.7 Å². The van der Waals surface area contributed by atoms with Crippen LogP contribution in [0.25, 0.3) is 0 Å². The Morgan fingerprint density at radius 2 is 0.750 bits per heavy atom. The van der Waals surface area contributed by atoms with Crippen LogP contribution < -0.4 is 10.6 Å². The molecule has 20 heteroatoms. The molecule has 0 unspecified atom stereocenters. The van der Waals surface area contributed by atoms with Crippen molar-refractivity contribution in [3.05, 3.63) is 0 Å². The van der Waals surface area contributed by atoms with E-state index < -0.39 is 98.0 Å². The van der Waals surface area contributed by atoms with Gasteiger partial charge in [-0.3, -0.25) is 9.59 Å². The van der Waals surface area contributed by atoms with E-state index in [1.165, 1.54) is 0 Å². The number of carbonyl (C=O) groups is 2. The molecule has 0 aliphatic heterocycles. The van der Waals surface area contributed by atoms with E-state index in [1.54, 1.807) is 0 Å². The lowest BCUT2D eigenvalue weighted by Crippen LogP contribution is -2.64. The highest BCUT2D eigenvalue weighted by atomic mass is 19.4. The number of hydrogen-bond acceptors (Lipinski definition) is 2. The zero-order valence-corrected chi connectivity index (χ0v) is 17.0. The molecule has 0 radical (unpaired) electrons. The van der Waals surface area contributed by atoms with E-state index in [2.05, 4.69) is 0 Å². The normalized spacial score (nSPS) is 21.1. The van der Waals surface area contributed by atoms with E-state index in [4.69, 9.17) is 0 Å². The van der Waals surface area contributed by atoms with Crippen molar-refractivity contribution in [2.45, 2.75) is 86.2 Å². The van der Waals surface area contributed by atoms with Crippen LogP contribution in [0.5, 0.6) is 0 Å². The molecule has 2 N–H and O–H groups in total. The number of halogens is 16. The fourth-order valence-electron chi connectivity index (χ4n) is 2.91. The first-order chi connectivity index (χ1) is 15.9. The van der Waals surface area contributed by atoms with E-state index in [-0.39, 0.29) is 0 Å². The van der Waals surface area contributed by atoms with Crippen LogP contribution in [0.2, 0.25) is 0 Å². The Balaban J connectivity index is 2.82. The van der Waals surface area contributed by atoms with Crippen molar-refractivity contribution in [3.63, 3.8) is 0 Å². The zero-order chi connectivity index (χ0) is 28.7. The fraction of sp³-hybridized carbons (Fsp3) is 0.875. The molecule has 0 bridgehead atoms. The highest BCUT2D eigenvalue weighted by Crippen LogP contribution is 2.50. The van der Waals surface area contributed by atoms with Gasteiger partial charge in [0, 0.05) is 12.1 Å². The van der Waals surface area contributed by atoms with Gasteiger partial charge >= 0.3 is 48.4 Å². The highest BCUT2D eigenvalue weighted by molar-refractivity contribution is 5.85. The number of carbonyl (C=O) groups excluding carboxylic acids is 2. The summed E-state index contributed by atoms with van der Waals surface area (Å²) in [6.07, 6.45) is -13.4. The molecule has 36 heavy (non-hydrogen) atoms. The maximum Gasteiger partial charge on any atom is 0.392 e. The Kier molecular flexibility index (Phi) is 8.79. The van der Waals surface area contributed by atoms with Crippen molar-refractivity contribution >= 4 is 11.8 Å². The summed E-state index contributed by atoms with van der Waals surface area (Å²) >= 11 is 0. The maximum atomic E-state index is 13.5. The predicted molar refractivity (Wildman–Crippen MR) is 84.0 cm³/mol. The number of rotatable bonds is 10. The first kappa shape index (κ1) is 31.8. The first-order valence-corrected chi connectivity index (χ1v) is 9.34. The number of alkyl halides is 16. The lowest BCUT2D eigenvalue weighted by molar-refractivity contribution is -0.328. The van der Waals surface area contributed by atoms with E-state index in [0.29, 0.717) is 0 Å². The van der Waals surface area contributed by atoms with Crippen LogP contribution in [0.3, 0.4) is 0 Å². The average molecular weight is 570 g/mol. The van der Waals surface area contributed by atoms with Crippen LogP contribution in [-0.2, 0) is 9.59 Å². The molecule has 1 aliphatic carbocycles. The summed E-state index contributed by atoms with van der Waals surface area (Å²) in [6.45, 7) is 0. The predicted octanol–water partition coefficient (Wildman–Crippen LogP) is 4.87. The quantitative estimate of drug-likeness (QED) is 0.369. The van der Waals surface area contributed by atoms with Crippen LogP contribution in [0.4, 0.5) is 70.2 Å². The molecular formula is C16H14F16N2O2. The molecule has 0 heterocycles. The molecule has 1 aliphatic rings. The standard InChI is InChI=1S/C16H14F16N2O2/c17-7(18)11(21,22)15(29,30)13(25,26)9(35)33-5-1-2-6(4-3-5)34-10(36)14(27,28)16(31,32)12(23,24)8(19)20/h5-8H,1-4H2,(H,33,35)(H,34,36). The van der Waals surface area contributed by atoms with Crippen molar-refractivity contribution < 1.29 is 79.8 Å². The van der Waals surface area contributed by atoms with E-state index in [0.717, 1.165) is 10.6 Å². The van der Waals surface area contributed by atoms with Crippen LogP contribution in [-0.4, -0.2) is 72.3 Å². The molecule has 1 saturated carbocycles. The molecule has 0 aromatic heterocycles. The SMILES string of the molecule is O=C(NC1CCC(NC(=O)C(F)(F)C(F)(F)C(F)(F)C(F)F)CC1)C(F)(F)C(F)(F)C(F)(F)C(F)F. The molecule has 1 fully saturated rings. The summed E-state index contributed by atoms with van der Waals surface area (Å²) in [7, 11) is 0. The van der Waals surface area contributed by atoms with Crippen molar-refractivity contribution in [2.75, 3.05) is 0 Å². The van der Waals surface area contributed by atoms with Crippen LogP contribution >= 0.6 is 0 Å². The average Bonchev–Trinajstić information content (AvgIpc) is 2.73. The smallest absolute Gasteiger partial charge is 0.348 e. The molecule has 0 spiro atoms. The van der Waals surface area contributed by atoms with E-state index in [9.17, 15) is 79.8 Å². The Bertz CT molecular complexity index is 742. The van der Waals surface area contributed by atoms with Crippen LogP contribution in [0.15, 0.2) is 0 Å². The summed E-state index contributed by atoms with van der Waals surface area (Å²) in [4.78, 5) is 22.8. The second-order valence-corrected chi connectivity index (χ2v) is 7.64. The molecule has 212 valence electrons. The summed E-state index contributed by atoms with van der Waals surface area (Å²) in [5.41, 5.74) is 0. The topological polar surface area (TPSA) is 58.2 Å². The van der Waals surface area contributed by atoms with Gasteiger partial charge in [0.2, 0.25) is 0 Å². The Labute approximate surface area is 189 Å². The zero-order valence-electron chi connectivity index (χ0n) is 17.0. The molecule has 0 saturated heterocycles. The maximum absolute atomic E-state index is 13.5. The Morgan fingerprint density at radius 3 is 0.944 bits per heavy atom. The van der Waals surface area contributed by atoms with Gasteiger partial charge in [-0.2, -0.15) is 52.7 Å². The largest absolute Gasteiger partial charge is 0.392 e. The Morgan fingerprint density at radius 1 is 0.528 bits per heavy atom. The fourth-order valence-corrected chi connectivity index (χ4v) is 2.91. The lowest BCUT2D eigenvalue weighted by atomic mass is 9.90. The van der Waals surface area contributed by atoms with Gasteiger partial charge in [0.15, 0.2) is 0 Å². The third-order valence-corrected chi connectivity index (χ3v) is 5.14. The van der Waals surface area contributed by atoms with E-state index >= 15 is 0 Å². The van der Waals surface area contributed by atoms with E-state index in [1.807, 2.05) is 0 Å². The minimum absolute atomic E-state index is 0.710. The second-order valence-electron chi connectivity index (χ2n) is 7.64. The number of nitrogens with one attached hydrogen (secondary N) is 2. The van der Waals surface area contributed by atoms with Gasteiger partial charge in [0.25, 0.3) is 11.8 Å². The monoisotopic (exact) mass is 570 g/mol. The third-order valence-electron chi connectivity index (χ3n) is 5.14. The summed E-state index contributed by atoms with van der Waals surface area (Å²) < 4.78 is 207. The van der Waals surface area contributed by atoms with Crippen molar-refractivity contribution in [2.24, 2.45) is 0 Å². The molecular weight excluding hydrogens is 556 g/mol. The third kappa shape index (κ3) is 5.26. The number of amides is 2. The Hall–Kier alpha value is -2.18. The summed E-state index contributed by atoms with van der Waals surface area (Å²) in [5.74, 6) is -46.0. The molecule has 2 amide bonds. The minimum Gasteiger partial charge on any atom is -0.348 e. The lowest BCUT2D eigenvalue weighted by Gasteiger charge is -2.35. The van der Waals surface area contributed by atoms with Crippen LogP contribution in [0, 0.1) is 0 Å². The van der Waals surface area contributed by atoms with Crippen molar-refractivity contribution in [1.82, 2.24) is 10.6 Å². The summed E-state index contributed by atoms with van der Waals surface area (Å²) in [5, 5.41) is 2.25.